The van der Waals surface area contributed by atoms with E-state index in [2.05, 4.69) is 11.4 Å². The first kappa shape index (κ1) is 28.0. The SMILES string of the molecule is CC[C@H](C)NC(=O)[C@H](Cc1ccccc1)N(Cc1cccc(C)c1)C(=O)CCCOc1ccc(C)cc1. The Balaban J connectivity index is 1.79. The molecular formula is C32H40N2O3. The second kappa shape index (κ2) is 14.2. The Labute approximate surface area is 221 Å². The van der Waals surface area contributed by atoms with Crippen LogP contribution in [0.4, 0.5) is 0 Å². The Morgan fingerprint density at radius 2 is 1.59 bits per heavy atom. The number of nitrogens with zero attached hydrogens (tertiary/aromatic N) is 1. The molecule has 0 bridgehead atoms. The zero-order valence-corrected chi connectivity index (χ0v) is 22.6. The fraction of sp³-hybridized carbons (Fsp3) is 0.375. The molecule has 2 amide bonds. The van der Waals surface area contributed by atoms with Crippen molar-refractivity contribution in [3.05, 3.63) is 101 Å². The van der Waals surface area contributed by atoms with Gasteiger partial charge in [-0.2, -0.15) is 0 Å². The summed E-state index contributed by atoms with van der Waals surface area (Å²) in [5.41, 5.74) is 4.34. The van der Waals surface area contributed by atoms with Crippen molar-refractivity contribution in [2.45, 2.75) is 72.0 Å². The Bertz CT molecular complexity index is 1130. The summed E-state index contributed by atoms with van der Waals surface area (Å²) >= 11 is 0. The normalized spacial score (nSPS) is 12.4. The average Bonchev–Trinajstić information content (AvgIpc) is 2.90. The van der Waals surface area contributed by atoms with E-state index in [1.807, 2.05) is 100 Å². The molecule has 5 heteroatoms. The molecule has 2 atom stereocenters. The molecule has 3 aromatic carbocycles. The molecule has 5 nitrogen and oxygen atoms in total. The molecule has 3 rings (SSSR count). The summed E-state index contributed by atoms with van der Waals surface area (Å²) in [4.78, 5) is 29.0. The maximum atomic E-state index is 13.7. The van der Waals surface area contributed by atoms with Crippen LogP contribution in [0.25, 0.3) is 0 Å². The summed E-state index contributed by atoms with van der Waals surface area (Å²) < 4.78 is 5.85. The molecule has 1 N–H and O–H groups in total. The molecular weight excluding hydrogens is 460 g/mol. The van der Waals surface area contributed by atoms with Gasteiger partial charge in [-0.3, -0.25) is 9.59 Å². The average molecular weight is 501 g/mol. The maximum Gasteiger partial charge on any atom is 0.243 e. The largest absolute Gasteiger partial charge is 0.494 e. The number of amides is 2. The van der Waals surface area contributed by atoms with Crippen molar-refractivity contribution >= 4 is 11.8 Å². The van der Waals surface area contributed by atoms with Gasteiger partial charge in [0.25, 0.3) is 0 Å². The molecule has 0 aliphatic carbocycles. The second-order valence-corrected chi connectivity index (χ2v) is 9.80. The van der Waals surface area contributed by atoms with Gasteiger partial charge in [0.05, 0.1) is 6.61 Å². The smallest absolute Gasteiger partial charge is 0.243 e. The lowest BCUT2D eigenvalue weighted by Gasteiger charge is -2.32. The number of ether oxygens (including phenoxy) is 1. The molecule has 0 radical (unpaired) electrons. The van der Waals surface area contributed by atoms with Crippen LogP contribution in [0.5, 0.6) is 5.75 Å². The van der Waals surface area contributed by atoms with Crippen LogP contribution in [-0.2, 0) is 22.6 Å². The third-order valence-electron chi connectivity index (χ3n) is 6.53. The van der Waals surface area contributed by atoms with E-state index in [1.165, 1.54) is 5.56 Å². The molecule has 0 aliphatic rings. The van der Waals surface area contributed by atoms with Gasteiger partial charge in [-0.05, 0) is 56.9 Å². The van der Waals surface area contributed by atoms with E-state index in [9.17, 15) is 9.59 Å². The highest BCUT2D eigenvalue weighted by molar-refractivity contribution is 5.88. The summed E-state index contributed by atoms with van der Waals surface area (Å²) in [5, 5.41) is 3.12. The van der Waals surface area contributed by atoms with Crippen LogP contribution in [0.15, 0.2) is 78.9 Å². The van der Waals surface area contributed by atoms with Crippen molar-refractivity contribution in [2.75, 3.05) is 6.61 Å². The van der Waals surface area contributed by atoms with Crippen molar-refractivity contribution < 1.29 is 14.3 Å². The Hall–Kier alpha value is -3.60. The van der Waals surface area contributed by atoms with Gasteiger partial charge in [0.15, 0.2) is 0 Å². The van der Waals surface area contributed by atoms with Gasteiger partial charge in [-0.25, -0.2) is 0 Å². The molecule has 0 heterocycles. The van der Waals surface area contributed by atoms with Gasteiger partial charge < -0.3 is 15.0 Å². The predicted octanol–water partition coefficient (Wildman–Crippen LogP) is 6.02. The van der Waals surface area contributed by atoms with Crippen LogP contribution in [-0.4, -0.2) is 35.4 Å². The van der Waals surface area contributed by atoms with E-state index < -0.39 is 6.04 Å². The monoisotopic (exact) mass is 500 g/mol. The van der Waals surface area contributed by atoms with Crippen molar-refractivity contribution in [3.63, 3.8) is 0 Å². The van der Waals surface area contributed by atoms with Gasteiger partial charge in [0, 0.05) is 25.4 Å². The third kappa shape index (κ3) is 9.09. The number of carbonyl (C=O) groups is 2. The minimum absolute atomic E-state index is 0.0320. The first-order chi connectivity index (χ1) is 17.9. The van der Waals surface area contributed by atoms with Gasteiger partial charge in [0.1, 0.15) is 11.8 Å². The molecule has 0 fully saturated rings. The quantitative estimate of drug-likeness (QED) is 0.292. The van der Waals surface area contributed by atoms with Gasteiger partial charge in [-0.15, -0.1) is 0 Å². The van der Waals surface area contributed by atoms with Crippen molar-refractivity contribution in [2.24, 2.45) is 0 Å². The molecule has 37 heavy (non-hydrogen) atoms. The summed E-state index contributed by atoms with van der Waals surface area (Å²) in [7, 11) is 0. The van der Waals surface area contributed by atoms with E-state index in [0.29, 0.717) is 32.4 Å². The van der Waals surface area contributed by atoms with E-state index in [-0.39, 0.29) is 17.9 Å². The molecule has 0 saturated carbocycles. The predicted molar refractivity (Wildman–Crippen MR) is 149 cm³/mol. The number of rotatable bonds is 13. The molecule has 0 aromatic heterocycles. The Morgan fingerprint density at radius 3 is 2.27 bits per heavy atom. The van der Waals surface area contributed by atoms with Crippen LogP contribution in [0.2, 0.25) is 0 Å². The van der Waals surface area contributed by atoms with Crippen LogP contribution in [0, 0.1) is 13.8 Å². The first-order valence-corrected chi connectivity index (χ1v) is 13.2. The summed E-state index contributed by atoms with van der Waals surface area (Å²) in [6.45, 7) is 8.93. The van der Waals surface area contributed by atoms with Crippen molar-refractivity contribution in [1.29, 1.82) is 0 Å². The van der Waals surface area contributed by atoms with Crippen LogP contribution < -0.4 is 10.1 Å². The minimum Gasteiger partial charge on any atom is -0.494 e. The Kier molecular flexibility index (Phi) is 10.8. The van der Waals surface area contributed by atoms with E-state index in [0.717, 1.165) is 28.9 Å². The Morgan fingerprint density at radius 1 is 0.892 bits per heavy atom. The minimum atomic E-state index is -0.609. The lowest BCUT2D eigenvalue weighted by Crippen LogP contribution is -2.52. The maximum absolute atomic E-state index is 13.7. The highest BCUT2D eigenvalue weighted by atomic mass is 16.5. The molecule has 0 saturated heterocycles. The fourth-order valence-corrected chi connectivity index (χ4v) is 4.19. The summed E-state index contributed by atoms with van der Waals surface area (Å²) in [6.07, 6.45) is 2.16. The zero-order chi connectivity index (χ0) is 26.6. The molecule has 0 spiro atoms. The van der Waals surface area contributed by atoms with Gasteiger partial charge >= 0.3 is 0 Å². The zero-order valence-electron chi connectivity index (χ0n) is 22.6. The lowest BCUT2D eigenvalue weighted by molar-refractivity contribution is -0.141. The third-order valence-corrected chi connectivity index (χ3v) is 6.53. The number of aryl methyl sites for hydroxylation is 2. The lowest BCUT2D eigenvalue weighted by atomic mass is 10.0. The van der Waals surface area contributed by atoms with Crippen LogP contribution in [0.3, 0.4) is 0 Å². The second-order valence-electron chi connectivity index (χ2n) is 9.80. The molecule has 0 unspecified atom stereocenters. The first-order valence-electron chi connectivity index (χ1n) is 13.2. The fourth-order valence-electron chi connectivity index (χ4n) is 4.19. The van der Waals surface area contributed by atoms with E-state index in [1.54, 1.807) is 4.90 Å². The van der Waals surface area contributed by atoms with Crippen molar-refractivity contribution in [1.82, 2.24) is 10.2 Å². The number of hydrogen-bond acceptors (Lipinski definition) is 3. The topological polar surface area (TPSA) is 58.6 Å². The summed E-state index contributed by atoms with van der Waals surface area (Å²) in [5.74, 6) is 0.633. The molecule has 196 valence electrons. The van der Waals surface area contributed by atoms with E-state index in [4.69, 9.17) is 4.74 Å². The highest BCUT2D eigenvalue weighted by Gasteiger charge is 2.30. The van der Waals surface area contributed by atoms with Crippen molar-refractivity contribution in [3.8, 4) is 5.75 Å². The number of benzene rings is 3. The molecule has 3 aromatic rings. The van der Waals surface area contributed by atoms with Gasteiger partial charge in [-0.1, -0.05) is 84.8 Å². The summed E-state index contributed by atoms with van der Waals surface area (Å²) in [6, 6.07) is 25.4. The van der Waals surface area contributed by atoms with Crippen LogP contribution in [0.1, 0.15) is 55.4 Å². The van der Waals surface area contributed by atoms with Crippen LogP contribution >= 0.6 is 0 Å². The number of nitrogens with one attached hydrogen (secondary N) is 1. The number of hydrogen-bond donors (Lipinski definition) is 1. The highest BCUT2D eigenvalue weighted by Crippen LogP contribution is 2.18. The van der Waals surface area contributed by atoms with E-state index >= 15 is 0 Å². The standard InChI is InChI=1S/C32H40N2O3/c1-5-26(4)33-32(36)30(22-27-12-7-6-8-13-27)34(23-28-14-9-11-25(3)21-28)31(35)15-10-20-37-29-18-16-24(2)17-19-29/h6-9,11-14,16-19,21,26,30H,5,10,15,20,22-23H2,1-4H3,(H,33,36)/t26-,30-/m0/s1. The number of carbonyl (C=O) groups excluding carboxylic acids is 2. The van der Waals surface area contributed by atoms with Gasteiger partial charge in [0.2, 0.25) is 11.8 Å². The molecule has 0 aliphatic heterocycles.